The molecule has 0 heterocycles. The van der Waals surface area contributed by atoms with Crippen LogP contribution in [0, 0.1) is 5.92 Å². The van der Waals surface area contributed by atoms with Gasteiger partial charge in [0.1, 0.15) is 0 Å². The lowest BCUT2D eigenvalue weighted by Gasteiger charge is -2.30. The van der Waals surface area contributed by atoms with Gasteiger partial charge in [0.05, 0.1) is 12.6 Å². The van der Waals surface area contributed by atoms with Crippen LogP contribution in [0.5, 0.6) is 0 Å². The summed E-state index contributed by atoms with van der Waals surface area (Å²) in [5.74, 6) is 0.466. The third kappa shape index (κ3) is 5.33. The van der Waals surface area contributed by atoms with Crippen LogP contribution in [0.4, 0.5) is 0 Å². The summed E-state index contributed by atoms with van der Waals surface area (Å²) in [7, 11) is 1.98. The van der Waals surface area contributed by atoms with Crippen LogP contribution in [0.25, 0.3) is 0 Å². The van der Waals surface area contributed by atoms with Gasteiger partial charge < -0.3 is 10.0 Å². The van der Waals surface area contributed by atoms with E-state index in [0.717, 1.165) is 31.4 Å². The summed E-state index contributed by atoms with van der Waals surface area (Å²) >= 11 is 0. The third-order valence-electron chi connectivity index (χ3n) is 4.71. The van der Waals surface area contributed by atoms with Crippen molar-refractivity contribution in [3.05, 3.63) is 35.9 Å². The second kappa shape index (κ2) is 8.46. The fraction of sp³-hybridized carbons (Fsp3) is 0.632. The lowest BCUT2D eigenvalue weighted by atomic mass is 10.1. The molecule has 2 unspecified atom stereocenters. The molecule has 1 N–H and O–H groups in total. The van der Waals surface area contributed by atoms with Crippen molar-refractivity contribution in [2.24, 2.45) is 5.92 Å². The summed E-state index contributed by atoms with van der Waals surface area (Å²) in [5.41, 5.74) is 1.16. The molecule has 0 aromatic heterocycles. The Bertz CT molecular complexity index is 489. The molecule has 1 aliphatic rings. The van der Waals surface area contributed by atoms with Crippen LogP contribution in [0.2, 0.25) is 0 Å². The molecular formula is C19H30N2O2. The zero-order valence-corrected chi connectivity index (χ0v) is 14.6. The third-order valence-corrected chi connectivity index (χ3v) is 4.71. The van der Waals surface area contributed by atoms with E-state index in [1.54, 1.807) is 0 Å². The predicted octanol–water partition coefficient (Wildman–Crippen LogP) is 2.52. The molecule has 1 fully saturated rings. The number of rotatable bonds is 7. The number of carbonyl (C=O) groups excluding carboxylic acids is 1. The van der Waals surface area contributed by atoms with E-state index in [-0.39, 0.29) is 18.1 Å². The van der Waals surface area contributed by atoms with Crippen molar-refractivity contribution in [2.45, 2.75) is 51.8 Å². The monoisotopic (exact) mass is 318 g/mol. The number of benzene rings is 1. The molecule has 0 bridgehead atoms. The molecule has 0 spiro atoms. The van der Waals surface area contributed by atoms with Crippen molar-refractivity contribution in [3.63, 3.8) is 0 Å². The Morgan fingerprint density at radius 3 is 2.52 bits per heavy atom. The zero-order valence-electron chi connectivity index (χ0n) is 14.6. The van der Waals surface area contributed by atoms with Crippen LogP contribution in [-0.4, -0.2) is 53.1 Å². The first-order chi connectivity index (χ1) is 11.0. The number of hydrogen-bond donors (Lipinski definition) is 1. The largest absolute Gasteiger partial charge is 0.393 e. The minimum absolute atomic E-state index is 0.152. The number of hydrogen-bond acceptors (Lipinski definition) is 3. The van der Waals surface area contributed by atoms with E-state index >= 15 is 0 Å². The van der Waals surface area contributed by atoms with Gasteiger partial charge in [0.15, 0.2) is 0 Å². The van der Waals surface area contributed by atoms with Gasteiger partial charge in [0.2, 0.25) is 5.91 Å². The van der Waals surface area contributed by atoms with Gasteiger partial charge in [-0.1, -0.05) is 36.8 Å². The van der Waals surface area contributed by atoms with Crippen LogP contribution in [0.15, 0.2) is 30.3 Å². The van der Waals surface area contributed by atoms with Crippen LogP contribution in [-0.2, 0) is 11.3 Å². The highest BCUT2D eigenvalue weighted by atomic mass is 16.3. The van der Waals surface area contributed by atoms with Gasteiger partial charge in [-0.15, -0.1) is 0 Å². The summed E-state index contributed by atoms with van der Waals surface area (Å²) < 4.78 is 0. The van der Waals surface area contributed by atoms with Gasteiger partial charge in [-0.3, -0.25) is 9.69 Å². The smallest absolute Gasteiger partial charge is 0.237 e. The van der Waals surface area contributed by atoms with E-state index in [9.17, 15) is 9.90 Å². The van der Waals surface area contributed by atoms with E-state index in [0.29, 0.717) is 19.0 Å². The minimum atomic E-state index is -0.196. The second-order valence-corrected chi connectivity index (χ2v) is 7.06. The van der Waals surface area contributed by atoms with Gasteiger partial charge in [-0.2, -0.15) is 0 Å². The van der Waals surface area contributed by atoms with E-state index in [1.807, 2.05) is 30.1 Å². The first-order valence-corrected chi connectivity index (χ1v) is 8.67. The number of likely N-dealkylation sites (N-methyl/N-ethyl adjacent to an activating group) is 1. The van der Waals surface area contributed by atoms with Crippen molar-refractivity contribution in [3.8, 4) is 0 Å². The molecule has 4 nitrogen and oxygen atoms in total. The molecule has 2 atom stereocenters. The van der Waals surface area contributed by atoms with Crippen molar-refractivity contribution in [1.82, 2.24) is 9.80 Å². The molecule has 1 saturated carbocycles. The number of nitrogens with zero attached hydrogens (tertiary/aromatic N) is 2. The number of carbonyl (C=O) groups is 1. The summed E-state index contributed by atoms with van der Waals surface area (Å²) in [4.78, 5) is 16.7. The van der Waals surface area contributed by atoms with E-state index in [4.69, 9.17) is 0 Å². The molecule has 1 aliphatic carbocycles. The highest BCUT2D eigenvalue weighted by molar-refractivity contribution is 5.78. The Morgan fingerprint density at radius 1 is 1.26 bits per heavy atom. The average molecular weight is 318 g/mol. The highest BCUT2D eigenvalue weighted by Crippen LogP contribution is 2.26. The topological polar surface area (TPSA) is 43.8 Å². The van der Waals surface area contributed by atoms with Gasteiger partial charge in [0, 0.05) is 19.1 Å². The Kier molecular flexibility index (Phi) is 6.60. The number of aliphatic hydroxyl groups is 1. The predicted molar refractivity (Wildman–Crippen MR) is 93.0 cm³/mol. The molecule has 1 amide bonds. The minimum Gasteiger partial charge on any atom is -0.393 e. The fourth-order valence-corrected chi connectivity index (χ4v) is 3.36. The van der Waals surface area contributed by atoms with E-state index < -0.39 is 0 Å². The molecule has 1 aromatic rings. The van der Waals surface area contributed by atoms with Gasteiger partial charge in [-0.05, 0) is 45.2 Å². The highest BCUT2D eigenvalue weighted by Gasteiger charge is 2.27. The second-order valence-electron chi connectivity index (χ2n) is 7.06. The molecule has 0 radical (unpaired) electrons. The van der Waals surface area contributed by atoms with Crippen LogP contribution in [0.3, 0.4) is 0 Å². The number of amides is 1. The lowest BCUT2D eigenvalue weighted by molar-refractivity contribution is -0.134. The van der Waals surface area contributed by atoms with Crippen molar-refractivity contribution < 1.29 is 9.90 Å². The Morgan fingerprint density at radius 2 is 1.96 bits per heavy atom. The van der Waals surface area contributed by atoms with E-state index in [1.165, 1.54) is 0 Å². The van der Waals surface area contributed by atoms with Crippen LogP contribution >= 0.6 is 0 Å². The fourth-order valence-electron chi connectivity index (χ4n) is 3.36. The molecule has 0 saturated heterocycles. The summed E-state index contributed by atoms with van der Waals surface area (Å²) in [6.45, 7) is 5.97. The van der Waals surface area contributed by atoms with Crippen LogP contribution < -0.4 is 0 Å². The maximum Gasteiger partial charge on any atom is 0.237 e. The summed E-state index contributed by atoms with van der Waals surface area (Å²) in [6.07, 6.45) is 2.87. The molecular weight excluding hydrogens is 288 g/mol. The standard InChI is InChI=1S/C19H30N2O2/c1-15(2)21(12-16-8-5-4-6-9-16)19(23)14-20(3)13-17-10-7-11-18(17)22/h4-6,8-9,15,17-18,22H,7,10-14H2,1-3H3. The van der Waals surface area contributed by atoms with Crippen molar-refractivity contribution >= 4 is 5.91 Å². The van der Waals surface area contributed by atoms with Crippen molar-refractivity contribution in [1.29, 1.82) is 0 Å². The van der Waals surface area contributed by atoms with Gasteiger partial charge in [-0.25, -0.2) is 0 Å². The maximum absolute atomic E-state index is 12.7. The zero-order chi connectivity index (χ0) is 16.8. The Hall–Kier alpha value is -1.39. The van der Waals surface area contributed by atoms with Gasteiger partial charge >= 0.3 is 0 Å². The molecule has 2 rings (SSSR count). The summed E-state index contributed by atoms with van der Waals surface area (Å²) in [5, 5.41) is 9.94. The molecule has 4 heteroatoms. The van der Waals surface area contributed by atoms with Crippen molar-refractivity contribution in [2.75, 3.05) is 20.1 Å². The Balaban J connectivity index is 1.90. The quantitative estimate of drug-likeness (QED) is 0.840. The molecule has 23 heavy (non-hydrogen) atoms. The Labute approximate surface area is 140 Å². The van der Waals surface area contributed by atoms with Crippen LogP contribution in [0.1, 0.15) is 38.7 Å². The molecule has 1 aromatic carbocycles. The average Bonchev–Trinajstić information content (AvgIpc) is 2.90. The first kappa shape index (κ1) is 18.0. The van der Waals surface area contributed by atoms with E-state index in [2.05, 4.69) is 30.9 Å². The van der Waals surface area contributed by atoms with Gasteiger partial charge in [0.25, 0.3) is 0 Å². The maximum atomic E-state index is 12.7. The summed E-state index contributed by atoms with van der Waals surface area (Å²) in [6, 6.07) is 10.3. The SMILES string of the molecule is CC(C)N(Cc1ccccc1)C(=O)CN(C)CC1CCCC1O. The molecule has 0 aliphatic heterocycles. The molecule has 128 valence electrons. The normalized spacial score (nSPS) is 21.1. The lowest BCUT2D eigenvalue weighted by Crippen LogP contribution is -2.43. The first-order valence-electron chi connectivity index (χ1n) is 8.67. The number of aliphatic hydroxyl groups excluding tert-OH is 1.